The van der Waals surface area contributed by atoms with Crippen molar-refractivity contribution >= 4 is 0 Å². The molecule has 3 aliphatic carbocycles. The fourth-order valence-corrected chi connectivity index (χ4v) is 8.27. The molecule has 44 heavy (non-hydrogen) atoms. The van der Waals surface area contributed by atoms with Crippen LogP contribution in [-0.2, 0) is 36.7 Å². The van der Waals surface area contributed by atoms with Crippen molar-refractivity contribution in [1.29, 1.82) is 0 Å². The molecule has 0 amide bonds. The van der Waals surface area contributed by atoms with Gasteiger partial charge in [-0.15, -0.1) is 0 Å². The van der Waals surface area contributed by atoms with Gasteiger partial charge in [-0.3, -0.25) is 0 Å². The third kappa shape index (κ3) is 8.62. The lowest BCUT2D eigenvalue weighted by Gasteiger charge is -2.53. The van der Waals surface area contributed by atoms with Gasteiger partial charge in [0.1, 0.15) is 5.75 Å². The number of rotatable bonds is 19. The van der Waals surface area contributed by atoms with Gasteiger partial charge in [-0.1, -0.05) is 49.7 Å². The molecule has 1 N–H and O–H groups in total. The Morgan fingerprint density at radius 3 is 2.30 bits per heavy atom. The second kappa shape index (κ2) is 17.1. The van der Waals surface area contributed by atoms with Crippen LogP contribution in [0.1, 0.15) is 74.5 Å². The third-order valence-electron chi connectivity index (χ3n) is 10.5. The fourth-order valence-electron chi connectivity index (χ4n) is 8.27. The number of methoxy groups -OCH3 is 1. The molecule has 7 heteroatoms. The van der Waals surface area contributed by atoms with E-state index in [1.54, 1.807) is 7.11 Å². The van der Waals surface area contributed by atoms with E-state index in [1.807, 2.05) is 18.2 Å². The van der Waals surface area contributed by atoms with Gasteiger partial charge in [-0.2, -0.15) is 0 Å². The van der Waals surface area contributed by atoms with Crippen LogP contribution in [0.15, 0.2) is 48.5 Å². The van der Waals surface area contributed by atoms with Gasteiger partial charge < -0.3 is 33.5 Å². The Balaban J connectivity index is 0.981. The monoisotopic (exact) mass is 610 g/mol. The molecule has 3 aliphatic rings. The van der Waals surface area contributed by atoms with Crippen molar-refractivity contribution in [2.24, 2.45) is 23.2 Å². The molecule has 6 atom stereocenters. The van der Waals surface area contributed by atoms with E-state index in [-0.39, 0.29) is 18.3 Å². The molecule has 0 spiro atoms. The van der Waals surface area contributed by atoms with Gasteiger partial charge in [-0.25, -0.2) is 0 Å². The molecule has 0 heterocycles. The zero-order valence-corrected chi connectivity index (χ0v) is 26.9. The molecule has 2 fully saturated rings. The second-order valence-electron chi connectivity index (χ2n) is 13.2. The Bertz CT molecular complexity index is 1110. The van der Waals surface area contributed by atoms with Gasteiger partial charge in [0.05, 0.1) is 52.4 Å². The van der Waals surface area contributed by atoms with Crippen LogP contribution in [0.5, 0.6) is 5.75 Å². The first-order valence-electron chi connectivity index (χ1n) is 16.9. The maximum absolute atomic E-state index is 11.0. The number of unbranched alkanes of at least 4 members (excludes halogenated alkanes) is 1. The van der Waals surface area contributed by atoms with Gasteiger partial charge in [0.15, 0.2) is 6.79 Å². The molecule has 0 radical (unpaired) electrons. The second-order valence-corrected chi connectivity index (χ2v) is 13.2. The Kier molecular flexibility index (Phi) is 12.9. The van der Waals surface area contributed by atoms with Crippen molar-refractivity contribution in [1.82, 2.24) is 0 Å². The standard InChI is InChI=1S/C37H54O7/c1-37-16-15-33-32-12-11-31(44-27-39-2)25-30(32)24-29(36(33)34(37)13-14-35(37)38)10-6-7-17-40-18-19-41-20-21-42-22-23-43-26-28-8-4-3-5-9-28/h3-5,8-9,11-12,25,29,33-36,38H,6-7,10,13-24,26-27H2,1-2H3. The highest BCUT2D eigenvalue weighted by Crippen LogP contribution is 2.62. The summed E-state index contributed by atoms with van der Waals surface area (Å²) in [5, 5.41) is 11.0. The van der Waals surface area contributed by atoms with Crippen molar-refractivity contribution < 1.29 is 33.5 Å². The highest BCUT2D eigenvalue weighted by Gasteiger charge is 2.56. The molecule has 2 aromatic carbocycles. The Morgan fingerprint density at radius 1 is 0.818 bits per heavy atom. The number of hydrogen-bond acceptors (Lipinski definition) is 7. The van der Waals surface area contributed by atoms with Crippen LogP contribution in [0.3, 0.4) is 0 Å². The molecular formula is C37H54O7. The van der Waals surface area contributed by atoms with Crippen LogP contribution in [0.25, 0.3) is 0 Å². The minimum Gasteiger partial charge on any atom is -0.468 e. The molecule has 0 bridgehead atoms. The third-order valence-corrected chi connectivity index (χ3v) is 10.5. The Morgan fingerprint density at radius 2 is 1.55 bits per heavy atom. The lowest BCUT2D eigenvalue weighted by molar-refractivity contribution is -0.0399. The zero-order chi connectivity index (χ0) is 30.6. The minimum atomic E-state index is -0.151. The number of ether oxygens (including phenoxy) is 6. The van der Waals surface area contributed by atoms with Gasteiger partial charge in [0.25, 0.3) is 0 Å². The maximum Gasteiger partial charge on any atom is 0.188 e. The van der Waals surface area contributed by atoms with Crippen LogP contribution >= 0.6 is 0 Å². The average molecular weight is 611 g/mol. The van der Waals surface area contributed by atoms with Crippen molar-refractivity contribution in [3.8, 4) is 5.75 Å². The number of hydrogen-bond donors (Lipinski definition) is 1. The SMILES string of the molecule is COCOc1ccc2c(c1)CC(CCCCOCCOCCOCCOCc1ccccc1)C1C2CCC2(C)C(O)CCC12. The highest BCUT2D eigenvalue weighted by molar-refractivity contribution is 5.41. The molecule has 7 nitrogen and oxygen atoms in total. The largest absolute Gasteiger partial charge is 0.468 e. The molecule has 0 saturated heterocycles. The first-order chi connectivity index (χ1) is 21.6. The molecule has 5 rings (SSSR count). The van der Waals surface area contributed by atoms with Gasteiger partial charge in [0.2, 0.25) is 0 Å². The van der Waals surface area contributed by atoms with Crippen molar-refractivity contribution in [3.63, 3.8) is 0 Å². The van der Waals surface area contributed by atoms with Crippen LogP contribution in [0.4, 0.5) is 0 Å². The number of benzene rings is 2. The van der Waals surface area contributed by atoms with E-state index in [0.29, 0.717) is 69.9 Å². The van der Waals surface area contributed by atoms with Gasteiger partial charge in [0, 0.05) is 13.7 Å². The first-order valence-corrected chi connectivity index (χ1v) is 16.9. The van der Waals surface area contributed by atoms with Gasteiger partial charge >= 0.3 is 0 Å². The predicted molar refractivity (Wildman–Crippen MR) is 171 cm³/mol. The molecular weight excluding hydrogens is 556 g/mol. The molecule has 2 saturated carbocycles. The molecule has 0 aromatic heterocycles. The van der Waals surface area contributed by atoms with Gasteiger partial charge in [-0.05, 0) is 103 Å². The smallest absolute Gasteiger partial charge is 0.188 e. The summed E-state index contributed by atoms with van der Waals surface area (Å²) in [5.74, 6) is 3.37. The van der Waals surface area contributed by atoms with Crippen LogP contribution in [-0.4, -0.2) is 71.4 Å². The van der Waals surface area contributed by atoms with E-state index in [0.717, 1.165) is 50.9 Å². The van der Waals surface area contributed by atoms with Crippen molar-refractivity contribution in [2.75, 3.05) is 60.2 Å². The van der Waals surface area contributed by atoms with Crippen molar-refractivity contribution in [2.45, 2.75) is 76.9 Å². The maximum atomic E-state index is 11.0. The summed E-state index contributed by atoms with van der Waals surface area (Å²) >= 11 is 0. The molecule has 244 valence electrons. The number of fused-ring (bicyclic) bond motifs is 5. The van der Waals surface area contributed by atoms with Crippen LogP contribution in [0.2, 0.25) is 0 Å². The molecule has 0 aliphatic heterocycles. The van der Waals surface area contributed by atoms with E-state index in [1.165, 1.54) is 29.5 Å². The summed E-state index contributed by atoms with van der Waals surface area (Å²) in [6.07, 6.45) is 8.80. The Labute approximate surface area is 264 Å². The highest BCUT2D eigenvalue weighted by atomic mass is 16.7. The van der Waals surface area contributed by atoms with Crippen molar-refractivity contribution in [3.05, 3.63) is 65.2 Å². The van der Waals surface area contributed by atoms with E-state index >= 15 is 0 Å². The van der Waals surface area contributed by atoms with E-state index < -0.39 is 0 Å². The molecule has 2 aromatic rings. The predicted octanol–water partition coefficient (Wildman–Crippen LogP) is 6.55. The summed E-state index contributed by atoms with van der Waals surface area (Å²) in [4.78, 5) is 0. The average Bonchev–Trinajstić information content (AvgIpc) is 3.35. The lowest BCUT2D eigenvalue weighted by atomic mass is 9.52. The van der Waals surface area contributed by atoms with Crippen LogP contribution < -0.4 is 4.74 Å². The first kappa shape index (κ1) is 33.4. The number of aliphatic hydroxyl groups excluding tert-OH is 1. The van der Waals surface area contributed by atoms with Crippen LogP contribution in [0, 0.1) is 23.2 Å². The minimum absolute atomic E-state index is 0.0722. The summed E-state index contributed by atoms with van der Waals surface area (Å²) in [7, 11) is 1.66. The molecule has 6 unspecified atom stereocenters. The Hall–Kier alpha value is -2.00. The summed E-state index contributed by atoms with van der Waals surface area (Å²) in [6, 6.07) is 16.8. The van der Waals surface area contributed by atoms with E-state index in [4.69, 9.17) is 28.4 Å². The topological polar surface area (TPSA) is 75.6 Å². The zero-order valence-electron chi connectivity index (χ0n) is 26.9. The normalized spacial score (nSPS) is 27.5. The van der Waals surface area contributed by atoms with E-state index in [2.05, 4.69) is 37.3 Å². The summed E-state index contributed by atoms with van der Waals surface area (Å²) in [6.45, 7) is 7.52. The lowest BCUT2D eigenvalue weighted by Crippen LogP contribution is -2.47. The fraction of sp³-hybridized carbons (Fsp3) is 0.676. The summed E-state index contributed by atoms with van der Waals surface area (Å²) < 4.78 is 33.7. The summed E-state index contributed by atoms with van der Waals surface area (Å²) in [5.41, 5.74) is 4.21. The quantitative estimate of drug-likeness (QED) is 0.143. The number of aliphatic hydroxyl groups is 1. The van der Waals surface area contributed by atoms with E-state index in [9.17, 15) is 5.11 Å².